The third-order valence-electron chi connectivity index (χ3n) is 4.21. The largest absolute Gasteiger partial charge is 0.497 e. The Bertz CT molecular complexity index is 684. The molecule has 0 spiro atoms. The quantitative estimate of drug-likeness (QED) is 0.660. The molecule has 142 valence electrons. The molecule has 1 aromatic carbocycles. The van der Waals surface area contributed by atoms with E-state index in [-0.39, 0.29) is 0 Å². The van der Waals surface area contributed by atoms with E-state index in [1.165, 1.54) is 0 Å². The van der Waals surface area contributed by atoms with Crippen molar-refractivity contribution in [2.75, 3.05) is 54.1 Å². The number of nitrogens with zero attached hydrogens (tertiary/aromatic N) is 5. The Morgan fingerprint density at radius 1 is 0.923 bits per heavy atom. The predicted molar refractivity (Wildman–Crippen MR) is 108 cm³/mol. The lowest BCUT2D eigenvalue weighted by Gasteiger charge is -2.23. The van der Waals surface area contributed by atoms with E-state index in [2.05, 4.69) is 57.8 Å². The second kappa shape index (κ2) is 9.07. The van der Waals surface area contributed by atoms with Crippen LogP contribution in [0.2, 0.25) is 0 Å². The molecule has 0 aliphatic carbocycles. The number of methoxy groups -OCH3 is 1. The van der Waals surface area contributed by atoms with Gasteiger partial charge < -0.3 is 25.6 Å². The molecule has 0 amide bonds. The second-order valence-corrected chi connectivity index (χ2v) is 5.68. The van der Waals surface area contributed by atoms with Crippen LogP contribution in [0.25, 0.3) is 0 Å². The lowest BCUT2D eigenvalue weighted by molar-refractivity contribution is 0.415. The molecule has 0 saturated heterocycles. The van der Waals surface area contributed by atoms with Gasteiger partial charge in [0.15, 0.2) is 0 Å². The van der Waals surface area contributed by atoms with Crippen LogP contribution in [0.4, 0.5) is 29.2 Å². The maximum atomic E-state index is 6.11. The average Bonchev–Trinajstić information content (AvgIpc) is 2.65. The Morgan fingerprint density at radius 3 is 1.88 bits per heavy atom. The van der Waals surface area contributed by atoms with Crippen LogP contribution in [0.15, 0.2) is 18.2 Å². The van der Waals surface area contributed by atoms with Crippen LogP contribution in [0.5, 0.6) is 5.75 Å². The summed E-state index contributed by atoms with van der Waals surface area (Å²) < 4.78 is 5.20. The van der Waals surface area contributed by atoms with Gasteiger partial charge in [0.2, 0.25) is 17.8 Å². The van der Waals surface area contributed by atoms with Crippen molar-refractivity contribution in [3.05, 3.63) is 18.2 Å². The third-order valence-corrected chi connectivity index (χ3v) is 4.21. The summed E-state index contributed by atoms with van der Waals surface area (Å²) in [5, 5.41) is 3.21. The molecular formula is C18H29N7O. The number of nitrogen functional groups attached to an aromatic ring is 1. The maximum Gasteiger partial charge on any atom is 0.233 e. The Balaban J connectivity index is 2.42. The normalized spacial score (nSPS) is 10.5. The highest BCUT2D eigenvalue weighted by Gasteiger charge is 2.15. The van der Waals surface area contributed by atoms with Gasteiger partial charge in [-0.05, 0) is 39.8 Å². The van der Waals surface area contributed by atoms with Gasteiger partial charge in [0.05, 0.1) is 18.5 Å². The highest BCUT2D eigenvalue weighted by atomic mass is 16.5. The van der Waals surface area contributed by atoms with E-state index in [0.717, 1.165) is 31.9 Å². The maximum absolute atomic E-state index is 6.11. The Hall–Kier alpha value is -2.77. The fraction of sp³-hybridized carbons (Fsp3) is 0.500. The minimum absolute atomic E-state index is 0.473. The summed E-state index contributed by atoms with van der Waals surface area (Å²) >= 11 is 0. The summed E-state index contributed by atoms with van der Waals surface area (Å²) in [6, 6.07) is 5.46. The number of hydrogen-bond donors (Lipinski definition) is 2. The fourth-order valence-corrected chi connectivity index (χ4v) is 2.61. The molecule has 2 rings (SSSR count). The van der Waals surface area contributed by atoms with Crippen molar-refractivity contribution in [3.63, 3.8) is 0 Å². The summed E-state index contributed by atoms with van der Waals surface area (Å²) in [7, 11) is 1.61. The van der Waals surface area contributed by atoms with Crippen molar-refractivity contribution in [2.24, 2.45) is 0 Å². The lowest BCUT2D eigenvalue weighted by Crippen LogP contribution is -2.29. The summed E-state index contributed by atoms with van der Waals surface area (Å²) in [4.78, 5) is 18.0. The first-order chi connectivity index (χ1) is 12.6. The monoisotopic (exact) mass is 359 g/mol. The van der Waals surface area contributed by atoms with Gasteiger partial charge >= 0.3 is 0 Å². The summed E-state index contributed by atoms with van der Waals surface area (Å²) in [5.74, 6) is 2.49. The van der Waals surface area contributed by atoms with Gasteiger partial charge in [-0.3, -0.25) is 0 Å². The van der Waals surface area contributed by atoms with Crippen LogP contribution < -0.4 is 25.6 Å². The lowest BCUT2D eigenvalue weighted by atomic mass is 10.2. The Kier molecular flexibility index (Phi) is 6.82. The molecule has 0 aliphatic rings. The second-order valence-electron chi connectivity index (χ2n) is 5.68. The average molecular weight is 359 g/mol. The zero-order chi connectivity index (χ0) is 19.1. The Labute approximate surface area is 155 Å². The van der Waals surface area contributed by atoms with Gasteiger partial charge in [-0.25, -0.2) is 0 Å². The van der Waals surface area contributed by atoms with Crippen molar-refractivity contribution in [2.45, 2.75) is 27.7 Å². The first-order valence-corrected chi connectivity index (χ1v) is 9.02. The van der Waals surface area contributed by atoms with Crippen LogP contribution in [0, 0.1) is 0 Å². The minimum Gasteiger partial charge on any atom is -0.497 e. The van der Waals surface area contributed by atoms with Crippen LogP contribution in [-0.2, 0) is 0 Å². The van der Waals surface area contributed by atoms with E-state index in [0.29, 0.717) is 29.3 Å². The molecule has 3 N–H and O–H groups in total. The molecule has 0 bridgehead atoms. The predicted octanol–water partition coefficient (Wildman–Crippen LogP) is 2.90. The van der Waals surface area contributed by atoms with Gasteiger partial charge in [0, 0.05) is 32.2 Å². The molecule has 0 saturated carbocycles. The number of hydrogen-bond acceptors (Lipinski definition) is 8. The van der Waals surface area contributed by atoms with E-state index >= 15 is 0 Å². The minimum atomic E-state index is 0.473. The first kappa shape index (κ1) is 19.6. The zero-order valence-corrected chi connectivity index (χ0v) is 16.3. The number of nitrogens with two attached hydrogens (primary N) is 1. The molecule has 0 aliphatic heterocycles. The molecule has 0 radical (unpaired) electrons. The number of anilines is 5. The van der Waals surface area contributed by atoms with E-state index < -0.39 is 0 Å². The fourth-order valence-electron chi connectivity index (χ4n) is 2.61. The van der Waals surface area contributed by atoms with Crippen molar-refractivity contribution in [3.8, 4) is 5.75 Å². The first-order valence-electron chi connectivity index (χ1n) is 9.02. The number of rotatable bonds is 9. The zero-order valence-electron chi connectivity index (χ0n) is 16.3. The van der Waals surface area contributed by atoms with Crippen LogP contribution in [0.3, 0.4) is 0 Å². The van der Waals surface area contributed by atoms with E-state index in [4.69, 9.17) is 10.5 Å². The number of aromatic nitrogens is 3. The van der Waals surface area contributed by atoms with Crippen molar-refractivity contribution in [1.29, 1.82) is 0 Å². The van der Waals surface area contributed by atoms with Gasteiger partial charge in [0.25, 0.3) is 0 Å². The Morgan fingerprint density at radius 2 is 1.46 bits per heavy atom. The topological polar surface area (TPSA) is 92.4 Å². The molecule has 0 fully saturated rings. The highest BCUT2D eigenvalue weighted by Crippen LogP contribution is 2.27. The number of ether oxygens (including phenoxy) is 1. The highest BCUT2D eigenvalue weighted by molar-refractivity contribution is 5.72. The van der Waals surface area contributed by atoms with Crippen LogP contribution in [-0.4, -0.2) is 48.2 Å². The molecular weight excluding hydrogens is 330 g/mol. The third kappa shape index (κ3) is 4.44. The number of benzene rings is 1. The van der Waals surface area contributed by atoms with Crippen LogP contribution in [0.1, 0.15) is 27.7 Å². The van der Waals surface area contributed by atoms with E-state index in [1.54, 1.807) is 13.2 Å². The van der Waals surface area contributed by atoms with Crippen molar-refractivity contribution >= 4 is 29.2 Å². The van der Waals surface area contributed by atoms with Crippen LogP contribution >= 0.6 is 0 Å². The van der Waals surface area contributed by atoms with Crippen molar-refractivity contribution < 1.29 is 4.74 Å². The molecule has 1 aromatic heterocycles. The summed E-state index contributed by atoms with van der Waals surface area (Å²) in [5.41, 5.74) is 7.41. The molecule has 0 atom stereocenters. The van der Waals surface area contributed by atoms with Gasteiger partial charge in [-0.1, -0.05) is 0 Å². The molecule has 2 aromatic rings. The van der Waals surface area contributed by atoms with Gasteiger partial charge in [-0.15, -0.1) is 0 Å². The van der Waals surface area contributed by atoms with E-state index in [1.807, 2.05) is 12.1 Å². The molecule has 0 unspecified atom stereocenters. The smallest absolute Gasteiger partial charge is 0.233 e. The molecule has 1 heterocycles. The standard InChI is InChI=1S/C18H29N7O/c1-6-24(7-2)17-21-16(22-18(23-17)25(8-3)9-4)20-15-11-10-13(26-5)12-14(15)19/h10-12H,6-9,19H2,1-5H3,(H,20,21,22,23). The molecule has 8 heteroatoms. The van der Waals surface area contributed by atoms with E-state index in [9.17, 15) is 0 Å². The van der Waals surface area contributed by atoms with Gasteiger partial charge in [-0.2, -0.15) is 15.0 Å². The molecule has 8 nitrogen and oxygen atoms in total. The summed E-state index contributed by atoms with van der Waals surface area (Å²) in [6.07, 6.45) is 0. The molecule has 26 heavy (non-hydrogen) atoms. The van der Waals surface area contributed by atoms with Crippen molar-refractivity contribution in [1.82, 2.24) is 15.0 Å². The van der Waals surface area contributed by atoms with Gasteiger partial charge in [0.1, 0.15) is 5.75 Å². The number of nitrogens with one attached hydrogen (secondary N) is 1. The SMILES string of the molecule is CCN(CC)c1nc(Nc2ccc(OC)cc2N)nc(N(CC)CC)n1. The summed E-state index contributed by atoms with van der Waals surface area (Å²) in [6.45, 7) is 11.6.